The van der Waals surface area contributed by atoms with Gasteiger partial charge in [-0.2, -0.15) is 4.98 Å². The van der Waals surface area contributed by atoms with Crippen LogP contribution in [0.3, 0.4) is 0 Å². The van der Waals surface area contributed by atoms with Gasteiger partial charge in [0.25, 0.3) is 5.89 Å². The molecule has 0 spiro atoms. The molecule has 0 aliphatic rings. The minimum Gasteiger partial charge on any atom is -0.334 e. The molecule has 0 saturated heterocycles. The van der Waals surface area contributed by atoms with E-state index >= 15 is 0 Å². The Morgan fingerprint density at radius 3 is 3.05 bits per heavy atom. The first-order valence-electron chi connectivity index (χ1n) is 6.72. The van der Waals surface area contributed by atoms with Crippen molar-refractivity contribution in [2.75, 3.05) is 0 Å². The monoisotopic (exact) mass is 268 g/mol. The molecule has 0 fully saturated rings. The molecule has 2 heterocycles. The van der Waals surface area contributed by atoms with Crippen molar-refractivity contribution >= 4 is 10.9 Å². The van der Waals surface area contributed by atoms with Crippen LogP contribution in [0.4, 0.5) is 0 Å². The van der Waals surface area contributed by atoms with Crippen LogP contribution in [0.25, 0.3) is 22.4 Å². The second kappa shape index (κ2) is 5.38. The van der Waals surface area contributed by atoms with E-state index < -0.39 is 0 Å². The largest absolute Gasteiger partial charge is 0.334 e. The predicted molar refractivity (Wildman–Crippen MR) is 76.9 cm³/mol. The van der Waals surface area contributed by atoms with Crippen molar-refractivity contribution in [2.45, 2.75) is 25.8 Å². The molecule has 5 heteroatoms. The summed E-state index contributed by atoms with van der Waals surface area (Å²) in [6.07, 6.45) is 3.61. The van der Waals surface area contributed by atoms with Crippen molar-refractivity contribution in [1.82, 2.24) is 15.1 Å². The molecule has 3 aromatic rings. The maximum Gasteiger partial charge on any atom is 0.258 e. The molecule has 0 saturated carbocycles. The highest BCUT2D eigenvalue weighted by Gasteiger charge is 2.14. The Bertz CT molecular complexity index is 722. The second-order valence-electron chi connectivity index (χ2n) is 4.76. The summed E-state index contributed by atoms with van der Waals surface area (Å²) in [4.78, 5) is 8.67. The number of aromatic nitrogens is 3. The average molecular weight is 268 g/mol. The highest BCUT2D eigenvalue weighted by molar-refractivity contribution is 5.82. The average Bonchev–Trinajstić information content (AvgIpc) is 2.97. The first kappa shape index (κ1) is 12.7. The van der Waals surface area contributed by atoms with Gasteiger partial charge in [-0.15, -0.1) is 0 Å². The van der Waals surface area contributed by atoms with Crippen molar-refractivity contribution in [1.29, 1.82) is 0 Å². The SMILES string of the molecule is CCCC(N)c1noc(-c2ccc3ncccc3c2)n1. The summed E-state index contributed by atoms with van der Waals surface area (Å²) in [5.74, 6) is 1.06. The number of hydrogen-bond acceptors (Lipinski definition) is 5. The molecule has 2 aromatic heterocycles. The number of benzene rings is 1. The van der Waals surface area contributed by atoms with Crippen LogP contribution in [0.1, 0.15) is 31.6 Å². The fourth-order valence-corrected chi connectivity index (χ4v) is 2.15. The van der Waals surface area contributed by atoms with Crippen LogP contribution in [0.5, 0.6) is 0 Å². The third kappa shape index (κ3) is 2.40. The van der Waals surface area contributed by atoms with Gasteiger partial charge in [-0.05, 0) is 30.7 Å². The zero-order valence-corrected chi connectivity index (χ0v) is 11.3. The van der Waals surface area contributed by atoms with E-state index in [-0.39, 0.29) is 6.04 Å². The lowest BCUT2D eigenvalue weighted by molar-refractivity contribution is 0.413. The van der Waals surface area contributed by atoms with E-state index in [4.69, 9.17) is 10.3 Å². The van der Waals surface area contributed by atoms with Gasteiger partial charge in [-0.25, -0.2) is 0 Å². The van der Waals surface area contributed by atoms with Gasteiger partial charge in [-0.3, -0.25) is 4.98 Å². The molecule has 0 bridgehead atoms. The Morgan fingerprint density at radius 1 is 1.30 bits per heavy atom. The quantitative estimate of drug-likeness (QED) is 0.786. The summed E-state index contributed by atoms with van der Waals surface area (Å²) in [6, 6.07) is 9.61. The standard InChI is InChI=1S/C15H16N4O/c1-2-4-12(16)14-18-15(20-19-14)11-6-7-13-10(9-11)5-3-8-17-13/h3,5-9,12H,2,4,16H2,1H3. The zero-order chi connectivity index (χ0) is 13.9. The Hall–Kier alpha value is -2.27. The third-order valence-corrected chi connectivity index (χ3v) is 3.22. The van der Waals surface area contributed by atoms with E-state index in [9.17, 15) is 0 Å². The lowest BCUT2D eigenvalue weighted by Crippen LogP contribution is -2.11. The number of rotatable bonds is 4. The van der Waals surface area contributed by atoms with Crippen LogP contribution in [0.2, 0.25) is 0 Å². The number of fused-ring (bicyclic) bond motifs is 1. The molecule has 0 aliphatic heterocycles. The molecule has 1 aromatic carbocycles. The highest BCUT2D eigenvalue weighted by Crippen LogP contribution is 2.23. The summed E-state index contributed by atoms with van der Waals surface area (Å²) in [6.45, 7) is 2.08. The maximum atomic E-state index is 5.99. The Kier molecular flexibility index (Phi) is 3.43. The van der Waals surface area contributed by atoms with E-state index in [1.54, 1.807) is 6.20 Å². The van der Waals surface area contributed by atoms with Crippen LogP contribution >= 0.6 is 0 Å². The fourth-order valence-electron chi connectivity index (χ4n) is 2.15. The van der Waals surface area contributed by atoms with E-state index in [0.717, 1.165) is 29.3 Å². The molecule has 1 atom stereocenters. The summed E-state index contributed by atoms with van der Waals surface area (Å²) >= 11 is 0. The van der Waals surface area contributed by atoms with Crippen molar-refractivity contribution in [3.63, 3.8) is 0 Å². The summed E-state index contributed by atoms with van der Waals surface area (Å²) in [5, 5.41) is 5.01. The number of nitrogens with two attached hydrogens (primary N) is 1. The molecule has 0 aliphatic carbocycles. The molecule has 0 radical (unpaired) electrons. The van der Waals surface area contributed by atoms with E-state index in [0.29, 0.717) is 11.7 Å². The first-order valence-corrected chi connectivity index (χ1v) is 6.72. The van der Waals surface area contributed by atoms with E-state index in [1.165, 1.54) is 0 Å². The van der Waals surface area contributed by atoms with Crippen LogP contribution in [0, 0.1) is 0 Å². The molecule has 20 heavy (non-hydrogen) atoms. The molecule has 2 N–H and O–H groups in total. The van der Waals surface area contributed by atoms with Crippen molar-refractivity contribution in [3.8, 4) is 11.5 Å². The third-order valence-electron chi connectivity index (χ3n) is 3.22. The Balaban J connectivity index is 1.94. The van der Waals surface area contributed by atoms with Gasteiger partial charge in [0.05, 0.1) is 11.6 Å². The zero-order valence-electron chi connectivity index (χ0n) is 11.3. The van der Waals surface area contributed by atoms with Gasteiger partial charge in [0.2, 0.25) is 0 Å². The normalized spacial score (nSPS) is 12.7. The van der Waals surface area contributed by atoms with E-state index in [2.05, 4.69) is 22.0 Å². The minimum absolute atomic E-state index is 0.167. The predicted octanol–water partition coefficient (Wildman–Crippen LogP) is 3.08. The molecule has 5 nitrogen and oxygen atoms in total. The van der Waals surface area contributed by atoms with Gasteiger partial charge >= 0.3 is 0 Å². The van der Waals surface area contributed by atoms with Crippen LogP contribution in [-0.4, -0.2) is 15.1 Å². The van der Waals surface area contributed by atoms with Gasteiger partial charge in [0.1, 0.15) is 0 Å². The molecule has 0 amide bonds. The summed E-state index contributed by atoms with van der Waals surface area (Å²) < 4.78 is 5.31. The fraction of sp³-hybridized carbons (Fsp3) is 0.267. The van der Waals surface area contributed by atoms with Gasteiger partial charge in [0, 0.05) is 17.1 Å². The smallest absolute Gasteiger partial charge is 0.258 e. The first-order chi connectivity index (χ1) is 9.78. The van der Waals surface area contributed by atoms with Crippen molar-refractivity contribution < 1.29 is 4.52 Å². The van der Waals surface area contributed by atoms with Crippen LogP contribution in [-0.2, 0) is 0 Å². The Morgan fingerprint density at radius 2 is 2.20 bits per heavy atom. The lowest BCUT2D eigenvalue weighted by Gasteiger charge is -2.02. The van der Waals surface area contributed by atoms with Gasteiger partial charge < -0.3 is 10.3 Å². The highest BCUT2D eigenvalue weighted by atomic mass is 16.5. The van der Waals surface area contributed by atoms with Crippen LogP contribution in [0.15, 0.2) is 41.1 Å². The molecule has 1 unspecified atom stereocenters. The molecular formula is C15H16N4O. The van der Waals surface area contributed by atoms with Crippen LogP contribution < -0.4 is 5.73 Å². The van der Waals surface area contributed by atoms with Gasteiger partial charge in [0.15, 0.2) is 5.82 Å². The van der Waals surface area contributed by atoms with Crippen molar-refractivity contribution in [3.05, 3.63) is 42.4 Å². The molecule has 3 rings (SSSR count). The maximum absolute atomic E-state index is 5.99. The number of hydrogen-bond donors (Lipinski definition) is 1. The molecule has 102 valence electrons. The van der Waals surface area contributed by atoms with Gasteiger partial charge in [-0.1, -0.05) is 24.6 Å². The van der Waals surface area contributed by atoms with E-state index in [1.807, 2.05) is 30.3 Å². The summed E-state index contributed by atoms with van der Waals surface area (Å²) in [5.41, 5.74) is 7.82. The summed E-state index contributed by atoms with van der Waals surface area (Å²) in [7, 11) is 0. The Labute approximate surface area is 116 Å². The minimum atomic E-state index is -0.167. The number of pyridine rings is 1. The molecular weight excluding hydrogens is 252 g/mol. The second-order valence-corrected chi connectivity index (χ2v) is 4.76. The lowest BCUT2D eigenvalue weighted by atomic mass is 10.1. The topological polar surface area (TPSA) is 77.8 Å². The van der Waals surface area contributed by atoms with Crippen molar-refractivity contribution in [2.24, 2.45) is 5.73 Å². The number of nitrogens with zero attached hydrogens (tertiary/aromatic N) is 3.